The summed E-state index contributed by atoms with van der Waals surface area (Å²) in [6, 6.07) is 7.45. The maximum absolute atomic E-state index is 5.49. The summed E-state index contributed by atoms with van der Waals surface area (Å²) in [5.41, 5.74) is 3.17. The molecule has 0 aliphatic carbocycles. The molecule has 0 fully saturated rings. The number of aromatic nitrogens is 5. The van der Waals surface area contributed by atoms with Crippen LogP contribution in [0.2, 0.25) is 0 Å². The molecule has 0 unspecified atom stereocenters. The third kappa shape index (κ3) is 3.77. The summed E-state index contributed by atoms with van der Waals surface area (Å²) in [4.78, 5) is 13.8. The summed E-state index contributed by atoms with van der Waals surface area (Å²) >= 11 is 0. The second-order valence-electron chi connectivity index (χ2n) is 7.54. The predicted octanol–water partition coefficient (Wildman–Crippen LogP) is 4.39. The number of aryl methyl sites for hydroxylation is 1. The van der Waals surface area contributed by atoms with Gasteiger partial charge in [0.15, 0.2) is 23.1 Å². The molecular weight excluding hydrogens is 408 g/mol. The third-order valence-corrected chi connectivity index (χ3v) is 5.05. The molecule has 0 bridgehead atoms. The smallest absolute Gasteiger partial charge is 0.203 e. The Labute approximate surface area is 186 Å². The molecule has 0 spiro atoms. The number of fused-ring (bicyclic) bond motifs is 1. The van der Waals surface area contributed by atoms with Crippen molar-refractivity contribution in [3.63, 3.8) is 0 Å². The van der Waals surface area contributed by atoms with Crippen molar-refractivity contribution in [3.8, 4) is 28.6 Å². The Bertz CT molecular complexity index is 1230. The van der Waals surface area contributed by atoms with Gasteiger partial charge in [0.25, 0.3) is 0 Å². The van der Waals surface area contributed by atoms with Gasteiger partial charge in [0.1, 0.15) is 11.3 Å². The monoisotopic (exact) mass is 434 g/mol. The van der Waals surface area contributed by atoms with E-state index in [2.05, 4.69) is 24.1 Å². The molecular formula is C23H26N6O3. The number of ether oxygens (including phenoxy) is 3. The van der Waals surface area contributed by atoms with Gasteiger partial charge in [-0.25, -0.2) is 14.5 Å². The maximum atomic E-state index is 5.49. The summed E-state index contributed by atoms with van der Waals surface area (Å²) in [5.74, 6) is 3.80. The van der Waals surface area contributed by atoms with E-state index in [1.165, 1.54) is 0 Å². The van der Waals surface area contributed by atoms with Crippen molar-refractivity contribution in [2.45, 2.75) is 26.7 Å². The van der Waals surface area contributed by atoms with E-state index >= 15 is 0 Å². The van der Waals surface area contributed by atoms with Crippen molar-refractivity contribution in [2.24, 2.45) is 0 Å². The lowest BCUT2D eigenvalue weighted by molar-refractivity contribution is 0.324. The van der Waals surface area contributed by atoms with Gasteiger partial charge < -0.3 is 19.5 Å². The quantitative estimate of drug-likeness (QED) is 0.458. The summed E-state index contributed by atoms with van der Waals surface area (Å²) in [7, 11) is 4.74. The Morgan fingerprint density at radius 2 is 1.72 bits per heavy atom. The fraction of sp³-hybridized carbons (Fsp3) is 0.304. The minimum atomic E-state index is 0.182. The first kappa shape index (κ1) is 21.4. The Morgan fingerprint density at radius 3 is 2.28 bits per heavy atom. The normalized spacial score (nSPS) is 11.1. The van der Waals surface area contributed by atoms with Crippen molar-refractivity contribution >= 4 is 17.0 Å². The second-order valence-corrected chi connectivity index (χ2v) is 7.54. The van der Waals surface area contributed by atoms with Crippen LogP contribution in [0.5, 0.6) is 17.2 Å². The number of hydrogen-bond acceptors (Lipinski definition) is 8. The third-order valence-electron chi connectivity index (χ3n) is 5.05. The predicted molar refractivity (Wildman–Crippen MR) is 122 cm³/mol. The van der Waals surface area contributed by atoms with Crippen LogP contribution in [0.1, 0.15) is 31.3 Å². The Morgan fingerprint density at radius 1 is 1.00 bits per heavy atom. The number of nitrogens with one attached hydrogen (secondary N) is 1. The van der Waals surface area contributed by atoms with Crippen LogP contribution in [-0.4, -0.2) is 45.9 Å². The van der Waals surface area contributed by atoms with Gasteiger partial charge >= 0.3 is 0 Å². The van der Waals surface area contributed by atoms with Crippen LogP contribution in [-0.2, 0) is 0 Å². The number of pyridine rings is 1. The Balaban J connectivity index is 1.92. The standard InChI is InChI=1S/C23H26N6O3/c1-13(2)23-25-14(3)19-22(27-21(28-29(19)23)15-8-7-9-24-12-15)26-16-10-17(30-4)20(32-6)18(11-16)31-5/h7-13H,1-6H3,(H,26,27,28). The fourth-order valence-corrected chi connectivity index (χ4v) is 3.56. The SMILES string of the molecule is COc1cc(Nc2nc(-c3cccnc3)nn3c(C(C)C)nc(C)c23)cc(OC)c1OC. The van der Waals surface area contributed by atoms with Crippen LogP contribution < -0.4 is 19.5 Å². The van der Waals surface area contributed by atoms with Crippen molar-refractivity contribution < 1.29 is 14.2 Å². The molecule has 1 N–H and O–H groups in total. The Hall–Kier alpha value is -3.88. The van der Waals surface area contributed by atoms with Crippen molar-refractivity contribution in [3.05, 3.63) is 48.2 Å². The lowest BCUT2D eigenvalue weighted by Crippen LogP contribution is -2.07. The maximum Gasteiger partial charge on any atom is 0.203 e. The van der Waals surface area contributed by atoms with E-state index in [0.29, 0.717) is 28.9 Å². The van der Waals surface area contributed by atoms with Gasteiger partial charge in [0, 0.05) is 41.7 Å². The number of benzene rings is 1. The minimum Gasteiger partial charge on any atom is -0.493 e. The van der Waals surface area contributed by atoms with Crippen LogP contribution in [0.25, 0.3) is 16.9 Å². The molecule has 0 amide bonds. The van der Waals surface area contributed by atoms with Gasteiger partial charge in [-0.15, -0.1) is 5.10 Å². The van der Waals surface area contributed by atoms with E-state index in [0.717, 1.165) is 28.3 Å². The molecule has 0 atom stereocenters. The fourth-order valence-electron chi connectivity index (χ4n) is 3.56. The highest BCUT2D eigenvalue weighted by Gasteiger charge is 2.20. The lowest BCUT2D eigenvalue weighted by Gasteiger charge is -2.16. The second kappa shape index (κ2) is 8.70. The van der Waals surface area contributed by atoms with Crippen molar-refractivity contribution in [1.29, 1.82) is 0 Å². The van der Waals surface area contributed by atoms with E-state index in [-0.39, 0.29) is 5.92 Å². The number of hydrogen-bond donors (Lipinski definition) is 1. The largest absolute Gasteiger partial charge is 0.493 e. The molecule has 32 heavy (non-hydrogen) atoms. The molecule has 0 aliphatic rings. The molecule has 9 heteroatoms. The van der Waals surface area contributed by atoms with E-state index in [1.807, 2.05) is 35.7 Å². The molecule has 0 radical (unpaired) electrons. The first-order chi connectivity index (χ1) is 15.5. The zero-order chi connectivity index (χ0) is 22.8. The summed E-state index contributed by atoms with van der Waals surface area (Å²) < 4.78 is 18.3. The molecule has 0 saturated heterocycles. The van der Waals surface area contributed by atoms with Gasteiger partial charge in [-0.05, 0) is 19.1 Å². The van der Waals surface area contributed by atoms with Gasteiger partial charge in [0.2, 0.25) is 5.75 Å². The highest BCUT2D eigenvalue weighted by atomic mass is 16.5. The number of methoxy groups -OCH3 is 3. The van der Waals surface area contributed by atoms with Gasteiger partial charge in [0.05, 0.1) is 27.0 Å². The number of anilines is 2. The van der Waals surface area contributed by atoms with Crippen LogP contribution in [0.15, 0.2) is 36.7 Å². The zero-order valence-electron chi connectivity index (χ0n) is 19.0. The number of imidazole rings is 1. The molecule has 0 saturated carbocycles. The van der Waals surface area contributed by atoms with Crippen LogP contribution in [0.4, 0.5) is 11.5 Å². The van der Waals surface area contributed by atoms with Gasteiger partial charge in [-0.1, -0.05) is 13.8 Å². The van der Waals surface area contributed by atoms with Crippen LogP contribution >= 0.6 is 0 Å². The molecule has 4 aromatic rings. The molecule has 3 aromatic heterocycles. The average molecular weight is 435 g/mol. The average Bonchev–Trinajstić information content (AvgIpc) is 3.15. The van der Waals surface area contributed by atoms with E-state index in [9.17, 15) is 0 Å². The number of nitrogens with zero attached hydrogens (tertiary/aromatic N) is 5. The summed E-state index contributed by atoms with van der Waals surface area (Å²) in [5, 5.41) is 8.18. The van der Waals surface area contributed by atoms with Crippen LogP contribution in [0.3, 0.4) is 0 Å². The van der Waals surface area contributed by atoms with E-state index in [4.69, 9.17) is 29.3 Å². The molecule has 4 rings (SSSR count). The molecule has 9 nitrogen and oxygen atoms in total. The first-order valence-electron chi connectivity index (χ1n) is 10.2. The Kier molecular flexibility index (Phi) is 5.81. The molecule has 1 aromatic carbocycles. The summed E-state index contributed by atoms with van der Waals surface area (Å²) in [6.45, 7) is 6.13. The van der Waals surface area contributed by atoms with E-state index < -0.39 is 0 Å². The zero-order valence-corrected chi connectivity index (χ0v) is 19.0. The molecule has 0 aliphatic heterocycles. The van der Waals surface area contributed by atoms with Gasteiger partial charge in [-0.2, -0.15) is 0 Å². The highest BCUT2D eigenvalue weighted by Crippen LogP contribution is 2.41. The number of rotatable bonds is 7. The molecule has 166 valence electrons. The van der Waals surface area contributed by atoms with E-state index in [1.54, 1.807) is 33.7 Å². The molecule has 3 heterocycles. The minimum absolute atomic E-state index is 0.182. The summed E-state index contributed by atoms with van der Waals surface area (Å²) in [6.07, 6.45) is 3.46. The first-order valence-corrected chi connectivity index (χ1v) is 10.2. The van der Waals surface area contributed by atoms with Crippen molar-refractivity contribution in [1.82, 2.24) is 24.6 Å². The van der Waals surface area contributed by atoms with Gasteiger partial charge in [-0.3, -0.25) is 4.98 Å². The van der Waals surface area contributed by atoms with Crippen LogP contribution in [0, 0.1) is 6.92 Å². The lowest BCUT2D eigenvalue weighted by atomic mass is 10.2. The topological polar surface area (TPSA) is 95.7 Å². The highest BCUT2D eigenvalue weighted by molar-refractivity contribution is 5.78. The van der Waals surface area contributed by atoms with Crippen molar-refractivity contribution in [2.75, 3.05) is 26.6 Å².